The molecule has 2 aromatic heterocycles. The number of hydrogen-bond donors (Lipinski definition) is 2. The van der Waals surface area contributed by atoms with Gasteiger partial charge in [-0.25, -0.2) is 4.39 Å². The second kappa shape index (κ2) is 10.2. The van der Waals surface area contributed by atoms with E-state index in [0.717, 1.165) is 42.3 Å². The summed E-state index contributed by atoms with van der Waals surface area (Å²) in [6.45, 7) is 0.329. The number of rotatable bonds is 8. The lowest BCUT2D eigenvalue weighted by Gasteiger charge is -2.57. The first-order valence-corrected chi connectivity index (χ1v) is 13.6. The summed E-state index contributed by atoms with van der Waals surface area (Å²) in [6.07, 6.45) is 7.14. The Morgan fingerprint density at radius 3 is 2.62 bits per heavy atom. The number of carbonyl (C=O) groups is 2. The summed E-state index contributed by atoms with van der Waals surface area (Å²) in [5.74, 6) is -0.671. The van der Waals surface area contributed by atoms with Crippen molar-refractivity contribution in [1.29, 1.82) is 0 Å². The number of hydrogen-bond acceptors (Lipinski definition) is 5. The first-order chi connectivity index (χ1) is 19.2. The van der Waals surface area contributed by atoms with Crippen LogP contribution in [0.15, 0.2) is 54.9 Å². The van der Waals surface area contributed by atoms with Gasteiger partial charge in [0, 0.05) is 40.7 Å². The largest absolute Gasteiger partial charge is 0.497 e. The van der Waals surface area contributed by atoms with Crippen molar-refractivity contribution in [2.45, 2.75) is 44.7 Å². The number of methoxy groups -OCH3 is 1. The number of amides is 1. The molecule has 4 aromatic rings. The Morgan fingerprint density at radius 2 is 1.93 bits per heavy atom. The van der Waals surface area contributed by atoms with Crippen molar-refractivity contribution in [3.63, 3.8) is 0 Å². The molecule has 1 spiro atoms. The van der Waals surface area contributed by atoms with Crippen LogP contribution in [-0.4, -0.2) is 44.9 Å². The number of nitrogens with zero attached hydrogens (tertiary/aromatic N) is 3. The molecule has 0 bridgehead atoms. The summed E-state index contributed by atoms with van der Waals surface area (Å²) in [4.78, 5) is 28.9. The van der Waals surface area contributed by atoms with Gasteiger partial charge in [-0.2, -0.15) is 5.10 Å². The average molecular weight is 563 g/mol. The highest BCUT2D eigenvalue weighted by molar-refractivity contribution is 6.32. The topological polar surface area (TPSA) is 106 Å². The van der Waals surface area contributed by atoms with Gasteiger partial charge in [0.1, 0.15) is 11.6 Å². The number of aliphatic carboxylic acids is 1. The highest BCUT2D eigenvalue weighted by Crippen LogP contribution is 2.59. The van der Waals surface area contributed by atoms with Crippen LogP contribution in [0.1, 0.15) is 48.2 Å². The van der Waals surface area contributed by atoms with Crippen molar-refractivity contribution < 1.29 is 23.8 Å². The molecule has 2 heterocycles. The molecule has 2 aromatic carbocycles. The summed E-state index contributed by atoms with van der Waals surface area (Å²) >= 11 is 6.35. The van der Waals surface area contributed by atoms with Crippen molar-refractivity contribution >= 4 is 34.4 Å². The van der Waals surface area contributed by atoms with E-state index in [1.165, 1.54) is 19.2 Å². The van der Waals surface area contributed by atoms with Crippen LogP contribution in [0.2, 0.25) is 5.02 Å². The fraction of sp³-hybridized carbons (Fsp3) is 0.333. The smallest absolute Gasteiger partial charge is 0.303 e. The molecule has 0 unspecified atom stereocenters. The Morgan fingerprint density at radius 1 is 1.12 bits per heavy atom. The Hall–Kier alpha value is -3.98. The summed E-state index contributed by atoms with van der Waals surface area (Å²) in [5.41, 5.74) is 3.42. The predicted molar refractivity (Wildman–Crippen MR) is 148 cm³/mol. The minimum atomic E-state index is -0.746. The van der Waals surface area contributed by atoms with Crippen LogP contribution in [-0.2, 0) is 11.3 Å². The van der Waals surface area contributed by atoms with E-state index in [-0.39, 0.29) is 29.7 Å². The van der Waals surface area contributed by atoms with E-state index in [1.54, 1.807) is 35.3 Å². The third kappa shape index (κ3) is 5.13. The van der Waals surface area contributed by atoms with Crippen molar-refractivity contribution in [3.05, 3.63) is 77.0 Å². The predicted octanol–water partition coefficient (Wildman–Crippen LogP) is 5.71. The Balaban J connectivity index is 1.17. The lowest BCUT2D eigenvalue weighted by Crippen LogP contribution is -2.56. The molecule has 6 rings (SSSR count). The summed E-state index contributed by atoms with van der Waals surface area (Å²) in [6, 6.07) is 11.7. The second-order valence-corrected chi connectivity index (χ2v) is 11.5. The standard InChI is InChI=1S/C30H28ClFN4O4/c1-40-25-7-19(6-22(32)9-25)18-2-3-23(33-14-18)16-36-28-20(15-34-36)5-21(31)8-26(28)29(39)35-24-12-30(13-24)10-17(11-30)4-27(37)38/h2-3,5-9,14-15,17,24H,4,10-13,16H2,1H3,(H,35,39)(H,37,38). The van der Waals surface area contributed by atoms with E-state index in [9.17, 15) is 14.0 Å². The fourth-order valence-corrected chi connectivity index (χ4v) is 6.65. The van der Waals surface area contributed by atoms with Gasteiger partial charge in [-0.15, -0.1) is 0 Å². The van der Waals surface area contributed by atoms with Gasteiger partial charge in [-0.3, -0.25) is 19.3 Å². The molecule has 2 saturated carbocycles. The molecule has 0 aliphatic heterocycles. The third-order valence-electron chi connectivity index (χ3n) is 8.12. The number of halogens is 2. The van der Waals surface area contributed by atoms with E-state index >= 15 is 0 Å². The van der Waals surface area contributed by atoms with Gasteiger partial charge in [0.25, 0.3) is 5.91 Å². The SMILES string of the molecule is COc1cc(F)cc(-c2ccc(Cn3ncc4cc(Cl)cc(C(=O)NC5CC6(CC(CC(=O)O)C6)C5)c43)nc2)c1. The average Bonchev–Trinajstić information content (AvgIpc) is 3.27. The molecular formula is C30H28ClFN4O4. The number of nitrogens with one attached hydrogen (secondary N) is 1. The number of carbonyl (C=O) groups excluding carboxylic acids is 1. The summed E-state index contributed by atoms with van der Waals surface area (Å²) in [5, 5.41) is 17.8. The van der Waals surface area contributed by atoms with Crippen LogP contribution < -0.4 is 10.1 Å². The lowest BCUT2D eigenvalue weighted by atomic mass is 9.49. The number of benzene rings is 2. The lowest BCUT2D eigenvalue weighted by molar-refractivity contribution is -0.142. The van der Waals surface area contributed by atoms with Crippen molar-refractivity contribution in [2.75, 3.05) is 7.11 Å². The highest BCUT2D eigenvalue weighted by Gasteiger charge is 2.53. The molecule has 2 aliphatic rings. The molecule has 0 atom stereocenters. The maximum atomic E-state index is 14.0. The quantitative estimate of drug-likeness (QED) is 0.285. The van der Waals surface area contributed by atoms with Gasteiger partial charge in [0.15, 0.2) is 0 Å². The van der Waals surface area contributed by atoms with Crippen molar-refractivity contribution in [1.82, 2.24) is 20.1 Å². The number of pyridine rings is 1. The molecule has 1 amide bonds. The van der Waals surface area contributed by atoms with Crippen LogP contribution in [0.3, 0.4) is 0 Å². The molecule has 0 saturated heterocycles. The molecule has 2 aliphatic carbocycles. The molecule has 0 radical (unpaired) electrons. The second-order valence-electron chi connectivity index (χ2n) is 11.1. The number of carboxylic acids is 1. The molecule has 2 N–H and O–H groups in total. The van der Waals surface area contributed by atoms with E-state index in [0.29, 0.717) is 34.0 Å². The first kappa shape index (κ1) is 26.3. The summed E-state index contributed by atoms with van der Waals surface area (Å²) in [7, 11) is 1.49. The Labute approximate surface area is 235 Å². The zero-order valence-corrected chi connectivity index (χ0v) is 22.6. The zero-order chi connectivity index (χ0) is 28.0. The Kier molecular flexibility index (Phi) is 6.70. The Bertz CT molecular complexity index is 1610. The van der Waals surface area contributed by atoms with Gasteiger partial charge in [0.2, 0.25) is 0 Å². The number of ether oxygens (including phenoxy) is 1. The van der Waals surface area contributed by atoms with Crippen LogP contribution >= 0.6 is 11.6 Å². The van der Waals surface area contributed by atoms with Crippen LogP contribution in [0, 0.1) is 17.2 Å². The van der Waals surface area contributed by atoms with Gasteiger partial charge >= 0.3 is 5.97 Å². The molecule has 2 fully saturated rings. The molecule has 8 nitrogen and oxygen atoms in total. The normalized spacial score (nSPS) is 21.6. The number of fused-ring (bicyclic) bond motifs is 1. The van der Waals surface area contributed by atoms with Gasteiger partial charge < -0.3 is 15.2 Å². The van der Waals surface area contributed by atoms with Crippen LogP contribution in [0.25, 0.3) is 22.0 Å². The van der Waals surface area contributed by atoms with Crippen molar-refractivity contribution in [2.24, 2.45) is 11.3 Å². The van der Waals surface area contributed by atoms with E-state index in [1.807, 2.05) is 12.1 Å². The van der Waals surface area contributed by atoms with Crippen molar-refractivity contribution in [3.8, 4) is 16.9 Å². The maximum absolute atomic E-state index is 14.0. The van der Waals surface area contributed by atoms with Crippen LogP contribution in [0.5, 0.6) is 5.75 Å². The number of carboxylic acid groups (broad SMARTS) is 1. The van der Waals surface area contributed by atoms with Crippen LogP contribution in [0.4, 0.5) is 4.39 Å². The van der Waals surface area contributed by atoms with Gasteiger partial charge in [-0.1, -0.05) is 17.7 Å². The number of aromatic nitrogens is 3. The first-order valence-electron chi connectivity index (χ1n) is 13.2. The fourth-order valence-electron chi connectivity index (χ4n) is 6.42. The molecule has 206 valence electrons. The minimum absolute atomic E-state index is 0.0549. The monoisotopic (exact) mass is 562 g/mol. The van der Waals surface area contributed by atoms with Gasteiger partial charge in [0.05, 0.1) is 36.6 Å². The zero-order valence-electron chi connectivity index (χ0n) is 21.9. The van der Waals surface area contributed by atoms with Gasteiger partial charge in [-0.05, 0) is 72.9 Å². The highest BCUT2D eigenvalue weighted by atomic mass is 35.5. The molecular weight excluding hydrogens is 535 g/mol. The molecule has 40 heavy (non-hydrogen) atoms. The minimum Gasteiger partial charge on any atom is -0.497 e. The molecule has 10 heteroatoms. The van der Waals surface area contributed by atoms with E-state index in [2.05, 4.69) is 15.4 Å². The van der Waals surface area contributed by atoms with E-state index < -0.39 is 11.8 Å². The summed E-state index contributed by atoms with van der Waals surface area (Å²) < 4.78 is 20.9. The maximum Gasteiger partial charge on any atom is 0.303 e. The van der Waals surface area contributed by atoms with E-state index in [4.69, 9.17) is 21.4 Å². The third-order valence-corrected chi connectivity index (χ3v) is 8.34.